The van der Waals surface area contributed by atoms with Crippen LogP contribution in [-0.2, 0) is 0 Å². The normalized spacial score (nSPS) is 18.3. The summed E-state index contributed by atoms with van der Waals surface area (Å²) in [5, 5.41) is 0.390. The van der Waals surface area contributed by atoms with E-state index < -0.39 is 11.7 Å². The summed E-state index contributed by atoms with van der Waals surface area (Å²) in [6.45, 7) is 7.67. The first-order valence-electron chi connectivity index (χ1n) is 11.9. The molecule has 35 heavy (non-hydrogen) atoms. The van der Waals surface area contributed by atoms with Gasteiger partial charge in [-0.05, 0) is 39.2 Å². The van der Waals surface area contributed by atoms with Gasteiger partial charge < -0.3 is 14.7 Å². The number of anilines is 3. The Hall–Kier alpha value is -3.07. The lowest BCUT2D eigenvalue weighted by Gasteiger charge is -2.25. The molecular weight excluding hydrogens is 472 g/mol. The van der Waals surface area contributed by atoms with Crippen LogP contribution in [0, 0.1) is 0 Å². The lowest BCUT2D eigenvalue weighted by atomic mass is 10.1. The molecule has 4 heterocycles. The summed E-state index contributed by atoms with van der Waals surface area (Å²) in [4.78, 5) is 24.7. The van der Waals surface area contributed by atoms with Crippen molar-refractivity contribution in [2.45, 2.75) is 33.1 Å². The van der Waals surface area contributed by atoms with E-state index in [9.17, 15) is 8.78 Å². The third-order valence-corrected chi connectivity index (χ3v) is 6.36. The van der Waals surface area contributed by atoms with Gasteiger partial charge in [0.25, 0.3) is 0 Å². The minimum atomic E-state index is -0.910. The number of rotatable bonds is 6. The second-order valence-corrected chi connectivity index (χ2v) is 8.94. The standard InChI is InChI=1S/C25H30ClF2N7/c1-3-7-19(16-20(28)18(2)27)21-17-22(32-25(31-21)35-10-4-5-11-35)33-12-6-13-34(15-14-33)24-23(26)29-8-9-30-24/h3,7-9,16-17H,4-6,10-15H2,1-2H3/b7-3-,19-16+,20-18-. The number of hydrogen-bond donors (Lipinski definition) is 0. The minimum Gasteiger partial charge on any atom is -0.355 e. The lowest BCUT2D eigenvalue weighted by Crippen LogP contribution is -2.32. The van der Waals surface area contributed by atoms with E-state index in [2.05, 4.69) is 24.7 Å². The number of hydrogen-bond acceptors (Lipinski definition) is 7. The molecule has 0 N–H and O–H groups in total. The fraction of sp³-hybridized carbons (Fsp3) is 0.440. The van der Waals surface area contributed by atoms with Crippen LogP contribution in [0.1, 0.15) is 38.8 Å². The average Bonchev–Trinajstić information content (AvgIpc) is 3.29. The zero-order valence-electron chi connectivity index (χ0n) is 20.1. The van der Waals surface area contributed by atoms with E-state index in [-0.39, 0.29) is 0 Å². The molecule has 2 fully saturated rings. The van der Waals surface area contributed by atoms with Crippen LogP contribution < -0.4 is 14.7 Å². The van der Waals surface area contributed by atoms with Gasteiger partial charge in [0.05, 0.1) is 5.69 Å². The Labute approximate surface area is 209 Å². The molecule has 0 spiro atoms. The molecule has 0 bridgehead atoms. The van der Waals surface area contributed by atoms with Crippen LogP contribution in [0.2, 0.25) is 5.15 Å². The Morgan fingerprint density at radius 3 is 2.31 bits per heavy atom. The molecule has 0 unspecified atom stereocenters. The summed E-state index contributed by atoms with van der Waals surface area (Å²) in [5.41, 5.74) is 1.05. The lowest BCUT2D eigenvalue weighted by molar-refractivity contribution is 0.556. The first-order valence-corrected chi connectivity index (χ1v) is 12.3. The van der Waals surface area contributed by atoms with Gasteiger partial charge in [0.2, 0.25) is 5.95 Å². The van der Waals surface area contributed by atoms with Crippen molar-refractivity contribution in [1.29, 1.82) is 0 Å². The molecule has 0 amide bonds. The maximum absolute atomic E-state index is 14.2. The molecule has 0 aromatic carbocycles. The molecule has 2 aliphatic rings. The third kappa shape index (κ3) is 6.14. The highest BCUT2D eigenvalue weighted by molar-refractivity contribution is 6.31. The summed E-state index contributed by atoms with van der Waals surface area (Å²) >= 11 is 6.28. The van der Waals surface area contributed by atoms with E-state index in [1.807, 2.05) is 13.0 Å². The molecule has 2 aromatic rings. The van der Waals surface area contributed by atoms with Crippen molar-refractivity contribution in [3.05, 3.63) is 59.2 Å². The number of aromatic nitrogens is 4. The fourth-order valence-corrected chi connectivity index (χ4v) is 4.52. The quantitative estimate of drug-likeness (QED) is 0.493. The molecule has 0 atom stereocenters. The van der Waals surface area contributed by atoms with E-state index in [0.29, 0.717) is 41.3 Å². The average molecular weight is 502 g/mol. The Balaban J connectivity index is 1.68. The van der Waals surface area contributed by atoms with Gasteiger partial charge in [0.15, 0.2) is 16.8 Å². The van der Waals surface area contributed by atoms with E-state index in [1.54, 1.807) is 24.5 Å². The van der Waals surface area contributed by atoms with Gasteiger partial charge in [0, 0.05) is 63.3 Å². The zero-order chi connectivity index (χ0) is 24.8. The van der Waals surface area contributed by atoms with Crippen molar-refractivity contribution < 1.29 is 8.78 Å². The van der Waals surface area contributed by atoms with Crippen LogP contribution in [-0.4, -0.2) is 59.2 Å². The summed E-state index contributed by atoms with van der Waals surface area (Å²) in [6, 6.07) is 1.86. The predicted molar refractivity (Wildman–Crippen MR) is 137 cm³/mol. The molecule has 4 rings (SSSR count). The summed E-state index contributed by atoms with van der Waals surface area (Å²) in [6.07, 6.45) is 11.0. The van der Waals surface area contributed by atoms with Gasteiger partial charge in [-0.1, -0.05) is 23.8 Å². The summed E-state index contributed by atoms with van der Waals surface area (Å²) in [7, 11) is 0. The molecular formula is C25H30ClF2N7. The largest absolute Gasteiger partial charge is 0.355 e. The smallest absolute Gasteiger partial charge is 0.227 e. The Morgan fingerprint density at radius 2 is 1.60 bits per heavy atom. The van der Waals surface area contributed by atoms with Crippen molar-refractivity contribution in [2.24, 2.45) is 0 Å². The van der Waals surface area contributed by atoms with Crippen molar-refractivity contribution in [1.82, 2.24) is 19.9 Å². The molecule has 2 saturated heterocycles. The topological polar surface area (TPSA) is 61.3 Å². The maximum atomic E-state index is 14.2. The van der Waals surface area contributed by atoms with Gasteiger partial charge in [-0.3, -0.25) is 0 Å². The molecule has 10 heteroatoms. The number of allylic oxidation sites excluding steroid dienone is 6. The Morgan fingerprint density at radius 1 is 0.914 bits per heavy atom. The molecule has 7 nitrogen and oxygen atoms in total. The highest BCUT2D eigenvalue weighted by atomic mass is 35.5. The number of halogens is 3. The fourth-order valence-electron chi connectivity index (χ4n) is 4.30. The first kappa shape index (κ1) is 25.0. The zero-order valence-corrected chi connectivity index (χ0v) is 20.8. The number of nitrogens with zero attached hydrogens (tertiary/aromatic N) is 7. The molecule has 186 valence electrons. The van der Waals surface area contributed by atoms with Crippen LogP contribution in [0.15, 0.2) is 48.3 Å². The van der Waals surface area contributed by atoms with E-state index in [0.717, 1.165) is 58.2 Å². The summed E-state index contributed by atoms with van der Waals surface area (Å²) < 4.78 is 27.8. The van der Waals surface area contributed by atoms with E-state index >= 15 is 0 Å². The van der Waals surface area contributed by atoms with Gasteiger partial charge >= 0.3 is 0 Å². The van der Waals surface area contributed by atoms with Gasteiger partial charge in [0.1, 0.15) is 11.6 Å². The van der Waals surface area contributed by atoms with Crippen molar-refractivity contribution in [3.63, 3.8) is 0 Å². The van der Waals surface area contributed by atoms with Crippen molar-refractivity contribution in [2.75, 3.05) is 54.0 Å². The van der Waals surface area contributed by atoms with E-state index in [1.165, 1.54) is 6.08 Å². The van der Waals surface area contributed by atoms with Gasteiger partial charge in [-0.25, -0.2) is 23.7 Å². The van der Waals surface area contributed by atoms with Crippen molar-refractivity contribution >= 4 is 34.8 Å². The van der Waals surface area contributed by atoms with Crippen LogP contribution in [0.4, 0.5) is 26.4 Å². The first-order chi connectivity index (χ1) is 17.0. The second-order valence-electron chi connectivity index (χ2n) is 8.59. The molecule has 2 aromatic heterocycles. The van der Waals surface area contributed by atoms with E-state index in [4.69, 9.17) is 21.6 Å². The SMILES string of the molecule is C\C=C/C(=C\C(F)=C(/C)F)c1cc(N2CCCN(c3nccnc3Cl)CC2)nc(N2CCCC2)n1. The van der Waals surface area contributed by atoms with Gasteiger partial charge in [-0.15, -0.1) is 0 Å². The Bertz CT molecular complexity index is 1120. The minimum absolute atomic E-state index is 0.390. The second kappa shape index (κ2) is 11.6. The Kier molecular flexibility index (Phi) is 8.28. The monoisotopic (exact) mass is 501 g/mol. The highest BCUT2D eigenvalue weighted by Gasteiger charge is 2.23. The summed E-state index contributed by atoms with van der Waals surface area (Å²) in [5.74, 6) is 0.286. The van der Waals surface area contributed by atoms with Crippen LogP contribution in [0.3, 0.4) is 0 Å². The molecule has 0 radical (unpaired) electrons. The van der Waals surface area contributed by atoms with Crippen molar-refractivity contribution in [3.8, 4) is 0 Å². The highest BCUT2D eigenvalue weighted by Crippen LogP contribution is 2.28. The molecule has 0 aliphatic carbocycles. The van der Waals surface area contributed by atoms with Crippen LogP contribution >= 0.6 is 11.6 Å². The maximum Gasteiger partial charge on any atom is 0.227 e. The molecule has 0 saturated carbocycles. The van der Waals surface area contributed by atoms with Crippen LogP contribution in [0.5, 0.6) is 0 Å². The molecule has 2 aliphatic heterocycles. The third-order valence-electron chi connectivity index (χ3n) is 6.10. The predicted octanol–water partition coefficient (Wildman–Crippen LogP) is 5.37. The van der Waals surface area contributed by atoms with Gasteiger partial charge in [-0.2, -0.15) is 4.98 Å². The van der Waals surface area contributed by atoms with Crippen LogP contribution in [0.25, 0.3) is 5.57 Å².